The van der Waals surface area contributed by atoms with E-state index in [-0.39, 0.29) is 5.69 Å². The van der Waals surface area contributed by atoms with Gasteiger partial charge in [0.2, 0.25) is 5.69 Å². The number of hydrogen-bond acceptors (Lipinski definition) is 1. The molecule has 0 aliphatic heterocycles. The Hall–Kier alpha value is -2.48. The van der Waals surface area contributed by atoms with Crippen molar-refractivity contribution in [1.29, 1.82) is 0 Å². The zero-order chi connectivity index (χ0) is 19.8. The first-order valence-corrected chi connectivity index (χ1v) is 7.65. The van der Waals surface area contributed by atoms with Crippen LogP contribution in [0.15, 0.2) is 60.8 Å². The molecule has 0 aliphatic carbocycles. The predicted molar refractivity (Wildman–Crippen MR) is 95.1 cm³/mol. The zero-order valence-electron chi connectivity index (χ0n) is 17.7. The van der Waals surface area contributed by atoms with Gasteiger partial charge >= 0.3 is 0 Å². The fourth-order valence-electron chi connectivity index (χ4n) is 2.66. The van der Waals surface area contributed by atoms with E-state index >= 15 is 0 Å². The highest BCUT2D eigenvalue weighted by molar-refractivity contribution is 5.68. The smallest absolute Gasteiger partial charge is 0.213 e. The van der Waals surface area contributed by atoms with Gasteiger partial charge in [-0.2, -0.15) is 0 Å². The number of rotatable bonds is 3. The summed E-state index contributed by atoms with van der Waals surface area (Å²) in [5.74, 6) is -1.76. The second-order valence-corrected chi connectivity index (χ2v) is 5.76. The van der Waals surface area contributed by atoms with Crippen LogP contribution in [0.3, 0.4) is 0 Å². The van der Waals surface area contributed by atoms with Gasteiger partial charge in [-0.1, -0.05) is 38.0 Å². The molecule has 2 nitrogen and oxygen atoms in total. The summed E-state index contributed by atoms with van der Waals surface area (Å²) in [6.07, 6.45) is 1.97. The minimum atomic E-state index is -2.45. The fraction of sp³-hybridized carbons (Fsp3) is 0.238. The predicted octanol–water partition coefficient (Wildman–Crippen LogP) is 4.67. The highest BCUT2D eigenvalue weighted by Crippen LogP contribution is 2.25. The number of nitrogens with zero attached hydrogens (tertiary/aromatic N) is 2. The number of aryl methyl sites for hydroxylation is 2. The molecule has 0 saturated carbocycles. The van der Waals surface area contributed by atoms with Crippen LogP contribution in [0.5, 0.6) is 0 Å². The summed E-state index contributed by atoms with van der Waals surface area (Å²) < 4.78 is 33.3. The lowest BCUT2D eigenvalue weighted by Crippen LogP contribution is -2.30. The molecule has 0 N–H and O–H groups in total. The van der Waals surface area contributed by atoms with Crippen LogP contribution < -0.4 is 4.57 Å². The number of benzene rings is 1. The first-order valence-electron chi connectivity index (χ1n) is 9.65. The van der Waals surface area contributed by atoms with E-state index in [9.17, 15) is 0 Å². The van der Waals surface area contributed by atoms with Crippen molar-refractivity contribution in [1.82, 2.24) is 4.98 Å². The van der Waals surface area contributed by atoms with Crippen molar-refractivity contribution in [3.05, 3.63) is 72.1 Å². The van der Waals surface area contributed by atoms with Crippen molar-refractivity contribution in [3.63, 3.8) is 0 Å². The minimum Gasteiger partial charge on any atom is -0.253 e. The average molecular weight is 307 g/mol. The van der Waals surface area contributed by atoms with Crippen molar-refractivity contribution in [3.8, 4) is 22.5 Å². The van der Waals surface area contributed by atoms with E-state index in [1.165, 1.54) is 12.5 Å². The van der Waals surface area contributed by atoms with Crippen LogP contribution in [-0.2, 0) is 7.05 Å². The molecule has 0 radical (unpaired) electrons. The van der Waals surface area contributed by atoms with E-state index in [4.69, 9.17) is 5.48 Å². The summed E-state index contributed by atoms with van der Waals surface area (Å²) in [7, 11) is 1.99. The average Bonchev–Trinajstić information content (AvgIpc) is 2.62. The molecular weight excluding hydrogens is 280 g/mol. The largest absolute Gasteiger partial charge is 0.253 e. The number of pyridine rings is 2. The summed E-state index contributed by atoms with van der Waals surface area (Å²) in [6, 6.07) is 17.4. The van der Waals surface area contributed by atoms with Gasteiger partial charge in [-0.15, -0.1) is 0 Å². The molecule has 0 spiro atoms. The number of aromatic nitrogens is 2. The van der Waals surface area contributed by atoms with Gasteiger partial charge in [0, 0.05) is 34.4 Å². The molecule has 116 valence electrons. The van der Waals surface area contributed by atoms with Gasteiger partial charge in [0.15, 0.2) is 6.20 Å². The van der Waals surface area contributed by atoms with Crippen LogP contribution in [0.4, 0.5) is 0 Å². The molecule has 0 aliphatic rings. The van der Waals surface area contributed by atoms with Gasteiger partial charge in [0.1, 0.15) is 7.05 Å². The first-order chi connectivity index (χ1) is 12.6. The Morgan fingerprint density at radius 3 is 2.74 bits per heavy atom. The highest BCUT2D eigenvalue weighted by atomic mass is 14.9. The third-order valence-electron chi connectivity index (χ3n) is 4.00. The van der Waals surface area contributed by atoms with Gasteiger partial charge in [-0.05, 0) is 36.6 Å². The molecule has 2 heteroatoms. The molecule has 0 saturated heterocycles. The topological polar surface area (TPSA) is 16.8 Å². The van der Waals surface area contributed by atoms with Crippen LogP contribution in [0.25, 0.3) is 22.5 Å². The lowest BCUT2D eigenvalue weighted by molar-refractivity contribution is -0.660. The van der Waals surface area contributed by atoms with Crippen LogP contribution >= 0.6 is 0 Å². The number of hydrogen-bond donors (Lipinski definition) is 0. The molecule has 1 unspecified atom stereocenters. The molecule has 0 fully saturated rings. The van der Waals surface area contributed by atoms with Crippen molar-refractivity contribution >= 4 is 0 Å². The molecule has 0 bridgehead atoms. The lowest BCUT2D eigenvalue weighted by atomic mass is 10.0. The summed E-state index contributed by atoms with van der Waals surface area (Å²) in [5.41, 5.74) is 5.13. The quantitative estimate of drug-likeness (QED) is 0.642. The Balaban J connectivity index is 2.10. The maximum absolute atomic E-state index is 8.29. The highest BCUT2D eigenvalue weighted by Gasteiger charge is 2.14. The third-order valence-corrected chi connectivity index (χ3v) is 4.00. The van der Waals surface area contributed by atoms with E-state index < -0.39 is 12.7 Å². The van der Waals surface area contributed by atoms with Gasteiger partial charge in [0.05, 0.1) is 5.69 Å². The van der Waals surface area contributed by atoms with E-state index in [1.54, 1.807) is 12.1 Å². The SMILES string of the molecule is [2H]C([2H])([2H])C([2H])(C)c1cccc(-c2cc[n+](C)c(-c3ccccc3C)c2)n1. The van der Waals surface area contributed by atoms with E-state index in [2.05, 4.69) is 24.0 Å². The molecule has 3 aromatic rings. The van der Waals surface area contributed by atoms with Crippen molar-refractivity contribution in [2.24, 2.45) is 7.05 Å². The molecule has 1 atom stereocenters. The lowest BCUT2D eigenvalue weighted by Gasteiger charge is -2.09. The van der Waals surface area contributed by atoms with Crippen molar-refractivity contribution in [2.75, 3.05) is 0 Å². The van der Waals surface area contributed by atoms with Crippen molar-refractivity contribution < 1.29 is 10.1 Å². The zero-order valence-corrected chi connectivity index (χ0v) is 13.7. The molecule has 2 aromatic heterocycles. The summed E-state index contributed by atoms with van der Waals surface area (Å²) in [5, 5.41) is 0. The summed E-state index contributed by atoms with van der Waals surface area (Å²) in [4.78, 5) is 4.51. The Morgan fingerprint density at radius 2 is 1.96 bits per heavy atom. The van der Waals surface area contributed by atoms with Crippen LogP contribution in [0.1, 0.15) is 36.4 Å². The van der Waals surface area contributed by atoms with Crippen molar-refractivity contribution in [2.45, 2.75) is 26.6 Å². The van der Waals surface area contributed by atoms with Gasteiger partial charge in [-0.25, -0.2) is 4.57 Å². The van der Waals surface area contributed by atoms with Gasteiger partial charge in [0.25, 0.3) is 0 Å². The summed E-state index contributed by atoms with van der Waals surface area (Å²) in [6.45, 7) is 1.01. The second-order valence-electron chi connectivity index (χ2n) is 5.76. The molecular formula is C21H23N2+. The monoisotopic (exact) mass is 307 g/mol. The van der Waals surface area contributed by atoms with Crippen LogP contribution in [0, 0.1) is 6.92 Å². The Kier molecular flexibility index (Phi) is 3.06. The van der Waals surface area contributed by atoms with Crippen LogP contribution in [-0.4, -0.2) is 4.98 Å². The Bertz CT molecular complexity index is 978. The second kappa shape index (κ2) is 6.33. The molecule has 1 aromatic carbocycles. The van der Waals surface area contributed by atoms with E-state index in [0.717, 1.165) is 16.8 Å². The molecule has 3 rings (SSSR count). The van der Waals surface area contributed by atoms with Gasteiger partial charge in [-0.3, -0.25) is 4.98 Å². The molecule has 2 heterocycles. The maximum atomic E-state index is 8.29. The Labute approximate surface area is 144 Å². The van der Waals surface area contributed by atoms with Crippen LogP contribution in [0.2, 0.25) is 0 Å². The van der Waals surface area contributed by atoms with E-state index in [1.807, 2.05) is 48.1 Å². The molecule has 23 heavy (non-hydrogen) atoms. The third kappa shape index (κ3) is 3.16. The minimum absolute atomic E-state index is 0.241. The maximum Gasteiger partial charge on any atom is 0.213 e. The fourth-order valence-corrected chi connectivity index (χ4v) is 2.66. The van der Waals surface area contributed by atoms with E-state index in [0.29, 0.717) is 5.69 Å². The summed E-state index contributed by atoms with van der Waals surface area (Å²) >= 11 is 0. The van der Waals surface area contributed by atoms with Gasteiger partial charge < -0.3 is 0 Å². The molecule has 0 amide bonds. The first kappa shape index (κ1) is 11.1. The Morgan fingerprint density at radius 1 is 1.13 bits per heavy atom. The normalized spacial score (nSPS) is 16.7. The standard InChI is InChI=1S/C21H23N2/c1-15(2)19-10-7-11-20(22-19)17-12-13-23(4)21(14-17)18-9-6-5-8-16(18)3/h5-15H,1-4H3/q+1/i1D3,15D.